The van der Waals surface area contributed by atoms with Crippen molar-refractivity contribution in [3.63, 3.8) is 0 Å². The van der Waals surface area contributed by atoms with Gasteiger partial charge in [0.1, 0.15) is 11.4 Å². The number of morpholine rings is 1. The third-order valence-corrected chi connectivity index (χ3v) is 3.40. The molecule has 0 N–H and O–H groups in total. The Hall–Kier alpha value is -1.01. The standard InChI is InChI=1S/C12H12BrF2NO2/c1-7-6-16(4-5-18-7)12(17)10-9(14)3-2-8(13)11(10)15/h2-3,7H,4-6H2,1H3/t7-/m1/s1. The summed E-state index contributed by atoms with van der Waals surface area (Å²) in [6, 6.07) is 2.31. The van der Waals surface area contributed by atoms with Crippen molar-refractivity contribution in [2.24, 2.45) is 0 Å². The highest BCUT2D eigenvalue weighted by Gasteiger charge is 2.27. The minimum absolute atomic E-state index is 0.0774. The Kier molecular flexibility index (Phi) is 3.97. The lowest BCUT2D eigenvalue weighted by atomic mass is 10.1. The molecule has 1 heterocycles. The predicted octanol–water partition coefficient (Wildman–Crippen LogP) is 2.59. The zero-order chi connectivity index (χ0) is 13.3. The van der Waals surface area contributed by atoms with E-state index < -0.39 is 23.1 Å². The van der Waals surface area contributed by atoms with Crippen LogP contribution in [0.3, 0.4) is 0 Å². The van der Waals surface area contributed by atoms with Gasteiger partial charge >= 0.3 is 0 Å². The molecule has 6 heteroatoms. The fourth-order valence-corrected chi connectivity index (χ4v) is 2.21. The highest BCUT2D eigenvalue weighted by atomic mass is 79.9. The number of amides is 1. The minimum Gasteiger partial charge on any atom is -0.375 e. The number of rotatable bonds is 1. The van der Waals surface area contributed by atoms with Gasteiger partial charge in [-0.15, -0.1) is 0 Å². The first-order chi connectivity index (χ1) is 8.50. The number of carbonyl (C=O) groups excluding carboxylic acids is 1. The second-order valence-corrected chi connectivity index (χ2v) is 5.01. The van der Waals surface area contributed by atoms with E-state index in [1.54, 1.807) is 0 Å². The summed E-state index contributed by atoms with van der Waals surface area (Å²) in [4.78, 5) is 13.5. The SMILES string of the molecule is C[C@@H]1CN(C(=O)c2c(F)ccc(Br)c2F)CCO1. The van der Waals surface area contributed by atoms with Crippen molar-refractivity contribution in [2.45, 2.75) is 13.0 Å². The number of hydrogen-bond acceptors (Lipinski definition) is 2. The number of hydrogen-bond donors (Lipinski definition) is 0. The lowest BCUT2D eigenvalue weighted by molar-refractivity contribution is -0.0127. The molecule has 0 bridgehead atoms. The molecule has 18 heavy (non-hydrogen) atoms. The van der Waals surface area contributed by atoms with Crippen LogP contribution in [0.15, 0.2) is 16.6 Å². The first kappa shape index (κ1) is 13.4. The van der Waals surface area contributed by atoms with Crippen molar-refractivity contribution in [3.05, 3.63) is 33.8 Å². The molecule has 0 saturated carbocycles. The van der Waals surface area contributed by atoms with E-state index in [-0.39, 0.29) is 10.6 Å². The van der Waals surface area contributed by atoms with Crippen LogP contribution in [-0.2, 0) is 4.74 Å². The number of nitrogens with zero attached hydrogens (tertiary/aromatic N) is 1. The summed E-state index contributed by atoms with van der Waals surface area (Å²) in [7, 11) is 0. The molecule has 1 atom stereocenters. The highest BCUT2D eigenvalue weighted by molar-refractivity contribution is 9.10. The van der Waals surface area contributed by atoms with Crippen LogP contribution in [0.2, 0.25) is 0 Å². The zero-order valence-corrected chi connectivity index (χ0v) is 11.3. The number of ether oxygens (including phenoxy) is 1. The summed E-state index contributed by atoms with van der Waals surface area (Å²) in [6.07, 6.45) is -0.124. The van der Waals surface area contributed by atoms with Crippen molar-refractivity contribution in [1.29, 1.82) is 0 Å². The second-order valence-electron chi connectivity index (χ2n) is 4.15. The van der Waals surface area contributed by atoms with Crippen LogP contribution in [0.1, 0.15) is 17.3 Å². The Balaban J connectivity index is 2.31. The van der Waals surface area contributed by atoms with E-state index in [2.05, 4.69) is 15.9 Å². The molecule has 3 nitrogen and oxygen atoms in total. The third-order valence-electron chi connectivity index (χ3n) is 2.79. The quantitative estimate of drug-likeness (QED) is 0.745. The molecule has 1 aliphatic heterocycles. The van der Waals surface area contributed by atoms with Gasteiger partial charge in [-0.05, 0) is 35.0 Å². The van der Waals surface area contributed by atoms with Gasteiger partial charge in [-0.2, -0.15) is 0 Å². The molecule has 1 saturated heterocycles. The summed E-state index contributed by atoms with van der Waals surface area (Å²) >= 11 is 2.95. The molecule has 0 unspecified atom stereocenters. The van der Waals surface area contributed by atoms with Crippen LogP contribution in [0.5, 0.6) is 0 Å². The van der Waals surface area contributed by atoms with Gasteiger partial charge in [0.15, 0.2) is 5.82 Å². The van der Waals surface area contributed by atoms with Crippen LogP contribution in [-0.4, -0.2) is 36.6 Å². The second kappa shape index (κ2) is 5.32. The summed E-state index contributed by atoms with van der Waals surface area (Å²) in [5.74, 6) is -2.35. The first-order valence-corrected chi connectivity index (χ1v) is 6.34. The van der Waals surface area contributed by atoms with Gasteiger partial charge in [-0.1, -0.05) is 0 Å². The van der Waals surface area contributed by atoms with E-state index in [0.717, 1.165) is 6.07 Å². The van der Waals surface area contributed by atoms with Crippen LogP contribution in [0, 0.1) is 11.6 Å². The average molecular weight is 320 g/mol. The van der Waals surface area contributed by atoms with Gasteiger partial charge in [0, 0.05) is 13.1 Å². The van der Waals surface area contributed by atoms with Gasteiger partial charge in [0.05, 0.1) is 17.2 Å². The Morgan fingerprint density at radius 2 is 2.22 bits per heavy atom. The molecular weight excluding hydrogens is 308 g/mol. The van der Waals surface area contributed by atoms with Gasteiger partial charge in [-0.3, -0.25) is 4.79 Å². The molecule has 1 aliphatic rings. The summed E-state index contributed by atoms with van der Waals surface area (Å²) in [5.41, 5.74) is -0.515. The van der Waals surface area contributed by atoms with Crippen molar-refractivity contribution >= 4 is 21.8 Å². The van der Waals surface area contributed by atoms with Crippen LogP contribution in [0.4, 0.5) is 8.78 Å². The molecule has 0 radical (unpaired) electrons. The maximum absolute atomic E-state index is 13.8. The monoisotopic (exact) mass is 319 g/mol. The summed E-state index contributed by atoms with van der Waals surface area (Å²) < 4.78 is 32.8. The van der Waals surface area contributed by atoms with E-state index in [1.807, 2.05) is 6.92 Å². The molecular formula is C12H12BrF2NO2. The minimum atomic E-state index is -0.862. The molecule has 1 aromatic rings. The fraction of sp³-hybridized carbons (Fsp3) is 0.417. The van der Waals surface area contributed by atoms with Gasteiger partial charge in [-0.25, -0.2) is 8.78 Å². The Labute approximate surface area is 112 Å². The topological polar surface area (TPSA) is 29.5 Å². The molecule has 2 rings (SSSR count). The number of carbonyl (C=O) groups is 1. The zero-order valence-electron chi connectivity index (χ0n) is 9.75. The highest BCUT2D eigenvalue weighted by Crippen LogP contribution is 2.23. The normalized spacial score (nSPS) is 20.0. The van der Waals surface area contributed by atoms with Crippen LogP contribution < -0.4 is 0 Å². The van der Waals surface area contributed by atoms with E-state index in [9.17, 15) is 13.6 Å². The van der Waals surface area contributed by atoms with E-state index in [4.69, 9.17) is 4.74 Å². The molecule has 98 valence electrons. The summed E-state index contributed by atoms with van der Waals surface area (Å²) in [5, 5.41) is 0. The Bertz CT molecular complexity index is 481. The van der Waals surface area contributed by atoms with Gasteiger partial charge < -0.3 is 9.64 Å². The Morgan fingerprint density at radius 1 is 1.50 bits per heavy atom. The maximum Gasteiger partial charge on any atom is 0.260 e. The predicted molar refractivity (Wildman–Crippen MR) is 65.4 cm³/mol. The first-order valence-electron chi connectivity index (χ1n) is 5.55. The Morgan fingerprint density at radius 3 is 2.89 bits per heavy atom. The van der Waals surface area contributed by atoms with E-state index in [0.29, 0.717) is 19.7 Å². The molecule has 0 aromatic heterocycles. The van der Waals surface area contributed by atoms with Crippen molar-refractivity contribution in [2.75, 3.05) is 19.7 Å². The van der Waals surface area contributed by atoms with Gasteiger partial charge in [0.25, 0.3) is 5.91 Å². The fourth-order valence-electron chi connectivity index (χ4n) is 1.88. The number of halogens is 3. The lowest BCUT2D eigenvalue weighted by Crippen LogP contribution is -2.45. The third kappa shape index (κ3) is 2.54. The van der Waals surface area contributed by atoms with Crippen molar-refractivity contribution in [3.8, 4) is 0 Å². The van der Waals surface area contributed by atoms with Crippen LogP contribution in [0.25, 0.3) is 0 Å². The van der Waals surface area contributed by atoms with Crippen LogP contribution >= 0.6 is 15.9 Å². The largest absolute Gasteiger partial charge is 0.375 e. The maximum atomic E-state index is 13.8. The van der Waals surface area contributed by atoms with E-state index in [1.165, 1.54) is 11.0 Å². The van der Waals surface area contributed by atoms with E-state index >= 15 is 0 Å². The lowest BCUT2D eigenvalue weighted by Gasteiger charge is -2.31. The molecule has 0 aliphatic carbocycles. The van der Waals surface area contributed by atoms with Gasteiger partial charge in [0.2, 0.25) is 0 Å². The van der Waals surface area contributed by atoms with Crippen molar-refractivity contribution in [1.82, 2.24) is 4.90 Å². The smallest absolute Gasteiger partial charge is 0.260 e. The molecule has 1 aromatic carbocycles. The summed E-state index contributed by atoms with van der Waals surface area (Å²) in [6.45, 7) is 2.87. The molecule has 1 amide bonds. The molecule has 1 fully saturated rings. The van der Waals surface area contributed by atoms with Crippen molar-refractivity contribution < 1.29 is 18.3 Å². The number of benzene rings is 1. The molecule has 0 spiro atoms. The average Bonchev–Trinajstić information content (AvgIpc) is 2.34.